The number of halogens is 7. The maximum atomic E-state index is 12.6. The zero-order chi connectivity index (χ0) is 30.7. The Morgan fingerprint density at radius 3 is 1.76 bits per heavy atom. The molecule has 0 fully saturated rings. The van der Waals surface area contributed by atoms with E-state index in [9.17, 15) is 35.9 Å². The third-order valence-corrected chi connectivity index (χ3v) is 8.46. The SMILES string of the molecule is CCSC(Br)C(=O)c1nc2cc(C(F)(F)F)ncc2n1C.CCSCC(=O)c1nc2cc(C(F)(F)F)ncc2n1C. The molecule has 4 rings (SSSR count). The molecule has 4 aromatic rings. The number of ketones is 2. The molecule has 41 heavy (non-hydrogen) atoms. The summed E-state index contributed by atoms with van der Waals surface area (Å²) in [4.78, 5) is 38.9. The van der Waals surface area contributed by atoms with Gasteiger partial charge in [-0.05, 0) is 23.6 Å². The van der Waals surface area contributed by atoms with Crippen molar-refractivity contribution in [2.75, 3.05) is 17.3 Å². The Hall–Kier alpha value is -2.66. The lowest BCUT2D eigenvalue weighted by molar-refractivity contribution is -0.141. The van der Waals surface area contributed by atoms with Gasteiger partial charge in [-0.25, -0.2) is 19.9 Å². The quantitative estimate of drug-likeness (QED) is 0.117. The molecule has 8 nitrogen and oxygen atoms in total. The van der Waals surface area contributed by atoms with E-state index < -0.39 is 27.9 Å². The van der Waals surface area contributed by atoms with Crippen molar-refractivity contribution in [2.45, 2.75) is 30.4 Å². The molecule has 0 N–H and O–H groups in total. The Kier molecular flexibility index (Phi) is 10.5. The first kappa shape index (κ1) is 32.8. The van der Waals surface area contributed by atoms with Crippen molar-refractivity contribution in [3.8, 4) is 0 Å². The van der Waals surface area contributed by atoms with E-state index in [0.717, 1.165) is 36.0 Å². The van der Waals surface area contributed by atoms with Crippen LogP contribution >= 0.6 is 39.5 Å². The molecule has 17 heteroatoms. The number of pyridine rings is 2. The van der Waals surface area contributed by atoms with Crippen LogP contribution in [0.5, 0.6) is 0 Å². The highest BCUT2D eigenvalue weighted by atomic mass is 79.9. The maximum absolute atomic E-state index is 12.6. The van der Waals surface area contributed by atoms with Crippen LogP contribution < -0.4 is 0 Å². The minimum Gasteiger partial charge on any atom is -0.323 e. The van der Waals surface area contributed by atoms with Gasteiger partial charge in [-0.2, -0.15) is 38.1 Å². The topological polar surface area (TPSA) is 95.6 Å². The van der Waals surface area contributed by atoms with Crippen LogP contribution in [0.2, 0.25) is 0 Å². The van der Waals surface area contributed by atoms with Crippen LogP contribution in [0, 0.1) is 0 Å². The molecule has 0 spiro atoms. The number of aromatic nitrogens is 6. The largest absolute Gasteiger partial charge is 0.433 e. The second-order valence-corrected chi connectivity index (χ2v) is 12.5. The first-order valence-corrected chi connectivity index (χ1v) is 14.9. The fourth-order valence-corrected chi connectivity index (χ4v) is 5.61. The Balaban J connectivity index is 0.000000226. The number of hydrogen-bond acceptors (Lipinski definition) is 8. The minimum absolute atomic E-state index is 0.101. The van der Waals surface area contributed by atoms with Gasteiger partial charge in [0.25, 0.3) is 0 Å². The molecule has 222 valence electrons. The highest BCUT2D eigenvalue weighted by Gasteiger charge is 2.34. The van der Waals surface area contributed by atoms with Crippen LogP contribution in [-0.2, 0) is 26.4 Å². The van der Waals surface area contributed by atoms with Crippen molar-refractivity contribution in [1.29, 1.82) is 0 Å². The number of fused-ring (bicyclic) bond motifs is 2. The zero-order valence-electron chi connectivity index (χ0n) is 22.0. The van der Waals surface area contributed by atoms with Crippen LogP contribution in [0.3, 0.4) is 0 Å². The predicted molar refractivity (Wildman–Crippen MR) is 150 cm³/mol. The van der Waals surface area contributed by atoms with Crippen LogP contribution in [0.1, 0.15) is 46.5 Å². The fourth-order valence-electron chi connectivity index (χ4n) is 3.54. The Labute approximate surface area is 246 Å². The normalized spacial score (nSPS) is 12.9. The van der Waals surface area contributed by atoms with Crippen molar-refractivity contribution >= 4 is 73.1 Å². The van der Waals surface area contributed by atoms with Gasteiger partial charge in [-0.15, -0.1) is 11.8 Å². The summed E-state index contributed by atoms with van der Waals surface area (Å²) >= 11 is 6.06. The molecule has 4 heterocycles. The number of thioether (sulfide) groups is 2. The molecule has 0 aliphatic rings. The lowest BCUT2D eigenvalue weighted by Crippen LogP contribution is -2.16. The van der Waals surface area contributed by atoms with Crippen LogP contribution in [0.4, 0.5) is 26.3 Å². The summed E-state index contributed by atoms with van der Waals surface area (Å²) in [6, 6.07) is 1.71. The third kappa shape index (κ3) is 7.60. The molecular formula is C24H23BrF6N6O2S2. The summed E-state index contributed by atoms with van der Waals surface area (Å²) in [6.45, 7) is 3.83. The molecule has 0 amide bonds. The Morgan fingerprint density at radius 1 is 0.854 bits per heavy atom. The molecule has 1 atom stereocenters. The van der Waals surface area contributed by atoms with Crippen LogP contribution in [0.15, 0.2) is 24.5 Å². The Morgan fingerprint density at radius 2 is 1.32 bits per heavy atom. The second-order valence-electron chi connectivity index (χ2n) is 8.30. The smallest absolute Gasteiger partial charge is 0.323 e. The lowest BCUT2D eigenvalue weighted by atomic mass is 10.3. The fraction of sp³-hybridized carbons (Fsp3) is 0.417. The van der Waals surface area contributed by atoms with E-state index in [1.807, 2.05) is 13.8 Å². The first-order chi connectivity index (χ1) is 19.1. The summed E-state index contributed by atoms with van der Waals surface area (Å²) in [5.41, 5.74) is -1.02. The number of carbonyl (C=O) groups excluding carboxylic acids is 2. The maximum Gasteiger partial charge on any atom is 0.433 e. The van der Waals surface area contributed by atoms with E-state index in [4.69, 9.17) is 0 Å². The molecule has 4 aromatic heterocycles. The molecule has 0 saturated carbocycles. The van der Waals surface area contributed by atoms with Gasteiger partial charge in [0.2, 0.25) is 11.6 Å². The number of alkyl halides is 7. The van der Waals surface area contributed by atoms with E-state index in [1.165, 1.54) is 32.7 Å². The van der Waals surface area contributed by atoms with Crippen molar-refractivity contribution in [3.63, 3.8) is 0 Å². The lowest BCUT2D eigenvalue weighted by Gasteiger charge is -2.06. The molecule has 0 aliphatic carbocycles. The highest BCUT2D eigenvalue weighted by Crippen LogP contribution is 2.31. The van der Waals surface area contributed by atoms with Gasteiger partial charge < -0.3 is 9.13 Å². The van der Waals surface area contributed by atoms with E-state index in [0.29, 0.717) is 11.0 Å². The number of rotatable bonds is 8. The van der Waals surface area contributed by atoms with Crippen molar-refractivity contribution in [1.82, 2.24) is 29.1 Å². The average molecular weight is 686 g/mol. The minimum atomic E-state index is -4.54. The summed E-state index contributed by atoms with van der Waals surface area (Å²) in [5, 5.41) is 0. The van der Waals surface area contributed by atoms with Crippen molar-refractivity contribution in [3.05, 3.63) is 47.6 Å². The molecule has 1 unspecified atom stereocenters. The number of carbonyl (C=O) groups is 2. The van der Waals surface area contributed by atoms with Crippen LogP contribution in [0.25, 0.3) is 22.1 Å². The number of hydrogen-bond donors (Lipinski definition) is 0. The highest BCUT2D eigenvalue weighted by molar-refractivity contribution is 9.11. The number of aryl methyl sites for hydroxylation is 2. The molecule has 0 aliphatic heterocycles. The molecule has 0 aromatic carbocycles. The van der Waals surface area contributed by atoms with Gasteiger partial charge in [0.1, 0.15) is 15.5 Å². The van der Waals surface area contributed by atoms with Gasteiger partial charge in [-0.3, -0.25) is 9.59 Å². The van der Waals surface area contributed by atoms with Gasteiger partial charge >= 0.3 is 12.4 Å². The number of nitrogens with zero attached hydrogens (tertiary/aromatic N) is 6. The molecule has 0 radical (unpaired) electrons. The van der Waals surface area contributed by atoms with Crippen molar-refractivity contribution in [2.24, 2.45) is 14.1 Å². The average Bonchev–Trinajstić information content (AvgIpc) is 3.42. The van der Waals surface area contributed by atoms with Crippen molar-refractivity contribution < 1.29 is 35.9 Å². The van der Waals surface area contributed by atoms with E-state index in [-0.39, 0.29) is 40.0 Å². The second kappa shape index (κ2) is 13.1. The molecule has 0 bridgehead atoms. The first-order valence-electron chi connectivity index (χ1n) is 11.8. The molecule has 0 saturated heterocycles. The number of imidazole rings is 2. The Bertz CT molecular complexity index is 1570. The third-order valence-electron chi connectivity index (χ3n) is 5.54. The monoisotopic (exact) mass is 684 g/mol. The standard InChI is InChI=1S/C12H11BrF3N3OS.C12H12F3N3OS/c1-3-21-10(13)9(20)11-18-6-4-8(12(14,15)16)17-5-7(6)19(11)2;1-3-20-6-9(19)11-17-7-4-10(12(13,14)15)16-5-8(7)18(11)2/h4-5,10H,3H2,1-2H3;4-5H,3,6H2,1-2H3. The summed E-state index contributed by atoms with van der Waals surface area (Å²) in [6.07, 6.45) is -6.88. The van der Waals surface area contributed by atoms with E-state index >= 15 is 0 Å². The number of Topliss-reactive ketones (excluding diaryl/α,β-unsaturated/α-hetero) is 2. The zero-order valence-corrected chi connectivity index (χ0v) is 25.2. The van der Waals surface area contributed by atoms with Gasteiger partial charge in [0.05, 0.1) is 40.2 Å². The van der Waals surface area contributed by atoms with Crippen LogP contribution in [-0.4, -0.2) is 62.1 Å². The van der Waals surface area contributed by atoms with E-state index in [2.05, 4.69) is 35.9 Å². The predicted octanol–water partition coefficient (Wildman–Crippen LogP) is 6.57. The summed E-state index contributed by atoms with van der Waals surface area (Å²) < 4.78 is 78.1. The van der Waals surface area contributed by atoms with E-state index in [1.54, 1.807) is 14.1 Å². The summed E-state index contributed by atoms with van der Waals surface area (Å²) in [7, 11) is 3.17. The molecular weight excluding hydrogens is 662 g/mol. The summed E-state index contributed by atoms with van der Waals surface area (Å²) in [5.74, 6) is 1.54. The van der Waals surface area contributed by atoms with Gasteiger partial charge in [0.15, 0.2) is 11.6 Å². The van der Waals surface area contributed by atoms with Gasteiger partial charge in [-0.1, -0.05) is 29.8 Å². The van der Waals surface area contributed by atoms with Gasteiger partial charge in [0, 0.05) is 14.1 Å².